The molecule has 0 saturated carbocycles. The number of fused-ring (bicyclic) bond motifs is 1. The van der Waals surface area contributed by atoms with Crippen LogP contribution in [-0.4, -0.2) is 55.9 Å². The Hall–Kier alpha value is -2.02. The summed E-state index contributed by atoms with van der Waals surface area (Å²) in [6, 6.07) is 8.03. The van der Waals surface area contributed by atoms with Crippen molar-refractivity contribution in [2.75, 3.05) is 24.7 Å². The van der Waals surface area contributed by atoms with E-state index in [0.29, 0.717) is 11.6 Å². The number of thioether (sulfide) groups is 1. The lowest BCUT2D eigenvalue weighted by molar-refractivity contribution is -0.138. The number of carbonyl (C=O) groups is 2. The molecule has 2 saturated heterocycles. The normalized spacial score (nSPS) is 21.2. The van der Waals surface area contributed by atoms with Gasteiger partial charge in [-0.1, -0.05) is 12.1 Å². The fourth-order valence-electron chi connectivity index (χ4n) is 3.59. The number of benzene rings is 1. The lowest BCUT2D eigenvalue weighted by Gasteiger charge is -2.26. The van der Waals surface area contributed by atoms with Crippen molar-refractivity contribution in [3.63, 3.8) is 0 Å². The van der Waals surface area contributed by atoms with Crippen molar-refractivity contribution in [2.45, 2.75) is 18.9 Å². The maximum Gasteiger partial charge on any atom is 0.242 e. The fourth-order valence-corrected chi connectivity index (χ4v) is 4.49. The third-order valence-corrected chi connectivity index (χ3v) is 5.79. The molecule has 6 nitrogen and oxygen atoms in total. The van der Waals surface area contributed by atoms with Crippen LogP contribution in [0.3, 0.4) is 0 Å². The first-order chi connectivity index (χ1) is 11.6. The van der Waals surface area contributed by atoms with Gasteiger partial charge in [0.15, 0.2) is 0 Å². The quantitative estimate of drug-likeness (QED) is 0.851. The zero-order chi connectivity index (χ0) is 16.7. The summed E-state index contributed by atoms with van der Waals surface area (Å²) in [5.41, 5.74) is 2.04. The number of aromatic nitrogens is 2. The number of carbonyl (C=O) groups excluding carboxylic acids is 2. The van der Waals surface area contributed by atoms with Crippen molar-refractivity contribution in [1.29, 1.82) is 0 Å². The standard InChI is InChI=1S/C17H20N4O2S/c1-19-13-6-3-2-5-12(13)18-17(19)14-7-4-8-21(14)15(22)9-20-11-24-10-16(20)23/h2-3,5-6,14H,4,7-11H2,1H3/t14-/m1/s1. The zero-order valence-corrected chi connectivity index (χ0v) is 14.5. The third kappa shape index (κ3) is 2.56. The van der Waals surface area contributed by atoms with Crippen LogP contribution in [0.2, 0.25) is 0 Å². The van der Waals surface area contributed by atoms with Gasteiger partial charge in [0.2, 0.25) is 11.8 Å². The Morgan fingerprint density at radius 2 is 2.21 bits per heavy atom. The lowest BCUT2D eigenvalue weighted by Crippen LogP contribution is -2.41. The summed E-state index contributed by atoms with van der Waals surface area (Å²) >= 11 is 1.57. The molecule has 0 unspecified atom stereocenters. The molecule has 0 N–H and O–H groups in total. The summed E-state index contributed by atoms with van der Waals surface area (Å²) in [4.78, 5) is 32.8. The topological polar surface area (TPSA) is 58.4 Å². The summed E-state index contributed by atoms with van der Waals surface area (Å²) in [6.45, 7) is 0.925. The van der Waals surface area contributed by atoms with E-state index in [1.165, 1.54) is 0 Å². The average molecular weight is 344 g/mol. The molecule has 0 aliphatic carbocycles. The van der Waals surface area contributed by atoms with Crippen molar-refractivity contribution < 1.29 is 9.59 Å². The van der Waals surface area contributed by atoms with Crippen molar-refractivity contribution in [1.82, 2.24) is 19.4 Å². The van der Waals surface area contributed by atoms with E-state index >= 15 is 0 Å². The van der Waals surface area contributed by atoms with Gasteiger partial charge >= 0.3 is 0 Å². The number of likely N-dealkylation sites (tertiary alicyclic amines) is 1. The number of amides is 2. The van der Waals surface area contributed by atoms with Gasteiger partial charge in [-0.3, -0.25) is 9.59 Å². The minimum Gasteiger partial charge on any atom is -0.331 e. The second kappa shape index (κ2) is 6.12. The Balaban J connectivity index is 1.58. The highest BCUT2D eigenvalue weighted by Crippen LogP contribution is 2.33. The summed E-state index contributed by atoms with van der Waals surface area (Å²) < 4.78 is 2.09. The Morgan fingerprint density at radius 1 is 1.38 bits per heavy atom. The molecule has 126 valence electrons. The molecule has 2 amide bonds. The monoisotopic (exact) mass is 344 g/mol. The Bertz CT molecular complexity index is 803. The highest BCUT2D eigenvalue weighted by Gasteiger charge is 2.35. The van der Waals surface area contributed by atoms with Gasteiger partial charge in [0.25, 0.3) is 0 Å². The molecule has 24 heavy (non-hydrogen) atoms. The van der Waals surface area contributed by atoms with E-state index in [1.807, 2.05) is 36.2 Å². The first-order valence-corrected chi connectivity index (χ1v) is 9.37. The minimum absolute atomic E-state index is 0.000239. The van der Waals surface area contributed by atoms with E-state index in [2.05, 4.69) is 4.57 Å². The Labute approximate surface area is 144 Å². The summed E-state index contributed by atoms with van der Waals surface area (Å²) in [7, 11) is 2.01. The number of rotatable bonds is 3. The smallest absolute Gasteiger partial charge is 0.242 e. The zero-order valence-electron chi connectivity index (χ0n) is 13.6. The molecule has 1 atom stereocenters. The summed E-state index contributed by atoms with van der Waals surface area (Å²) in [5, 5.41) is 0. The molecule has 3 heterocycles. The molecule has 4 rings (SSSR count). The number of imidazole rings is 1. The highest BCUT2D eigenvalue weighted by atomic mass is 32.2. The van der Waals surface area contributed by atoms with Crippen molar-refractivity contribution in [3.05, 3.63) is 30.1 Å². The van der Waals surface area contributed by atoms with E-state index < -0.39 is 0 Å². The van der Waals surface area contributed by atoms with Gasteiger partial charge in [-0.05, 0) is 25.0 Å². The second-order valence-corrected chi connectivity index (χ2v) is 7.29. The first kappa shape index (κ1) is 15.5. The molecular formula is C17H20N4O2S. The number of hydrogen-bond acceptors (Lipinski definition) is 4. The van der Waals surface area contributed by atoms with E-state index in [9.17, 15) is 9.59 Å². The van der Waals surface area contributed by atoms with Crippen LogP contribution >= 0.6 is 11.8 Å². The first-order valence-electron chi connectivity index (χ1n) is 8.21. The van der Waals surface area contributed by atoms with Gasteiger partial charge in [-0.2, -0.15) is 0 Å². The van der Waals surface area contributed by atoms with Crippen LogP contribution in [0.25, 0.3) is 11.0 Å². The summed E-state index contributed by atoms with van der Waals surface area (Å²) in [5.74, 6) is 2.13. The van der Waals surface area contributed by atoms with Gasteiger partial charge in [0.1, 0.15) is 12.4 Å². The molecule has 1 aromatic carbocycles. The highest BCUT2D eigenvalue weighted by molar-refractivity contribution is 8.00. The number of nitrogens with zero attached hydrogens (tertiary/aromatic N) is 4. The molecule has 7 heteroatoms. The van der Waals surface area contributed by atoms with Crippen molar-refractivity contribution >= 4 is 34.6 Å². The minimum atomic E-state index is 0.000239. The molecule has 2 fully saturated rings. The van der Waals surface area contributed by atoms with Crippen LogP contribution in [0.15, 0.2) is 24.3 Å². The lowest BCUT2D eigenvalue weighted by atomic mass is 10.2. The predicted octanol–water partition coefficient (Wildman–Crippen LogP) is 1.77. The SMILES string of the molecule is Cn1c([C@H]2CCCN2C(=O)CN2CSCC2=O)nc2ccccc21. The molecule has 0 radical (unpaired) electrons. The maximum atomic E-state index is 12.7. The number of hydrogen-bond donors (Lipinski definition) is 0. The van der Waals surface area contributed by atoms with E-state index in [-0.39, 0.29) is 24.4 Å². The van der Waals surface area contributed by atoms with E-state index in [0.717, 1.165) is 36.2 Å². The molecule has 1 aromatic heterocycles. The van der Waals surface area contributed by atoms with Crippen LogP contribution in [0.4, 0.5) is 0 Å². The van der Waals surface area contributed by atoms with Crippen LogP contribution in [-0.2, 0) is 16.6 Å². The molecule has 0 spiro atoms. The fraction of sp³-hybridized carbons (Fsp3) is 0.471. The second-order valence-electron chi connectivity index (χ2n) is 6.33. The molecule has 2 aliphatic rings. The van der Waals surface area contributed by atoms with Crippen LogP contribution < -0.4 is 0 Å². The third-order valence-electron chi connectivity index (χ3n) is 4.84. The van der Waals surface area contributed by atoms with Crippen LogP contribution in [0.5, 0.6) is 0 Å². The largest absolute Gasteiger partial charge is 0.331 e. The van der Waals surface area contributed by atoms with Crippen LogP contribution in [0.1, 0.15) is 24.7 Å². The van der Waals surface area contributed by atoms with Crippen LogP contribution in [0, 0.1) is 0 Å². The average Bonchev–Trinajstić information content (AvgIpc) is 3.28. The molecule has 2 aromatic rings. The van der Waals surface area contributed by atoms with Gasteiger partial charge in [0.05, 0.1) is 28.7 Å². The van der Waals surface area contributed by atoms with Gasteiger partial charge in [-0.15, -0.1) is 11.8 Å². The molecule has 0 bridgehead atoms. The predicted molar refractivity (Wildman–Crippen MR) is 93.4 cm³/mol. The Morgan fingerprint density at radius 3 is 2.96 bits per heavy atom. The molecule has 2 aliphatic heterocycles. The number of para-hydroxylation sites is 2. The van der Waals surface area contributed by atoms with Gasteiger partial charge in [0, 0.05) is 13.6 Å². The van der Waals surface area contributed by atoms with Gasteiger partial charge in [-0.25, -0.2) is 4.98 Å². The number of aryl methyl sites for hydroxylation is 1. The maximum absolute atomic E-state index is 12.7. The van der Waals surface area contributed by atoms with E-state index in [1.54, 1.807) is 16.7 Å². The summed E-state index contributed by atoms with van der Waals surface area (Å²) in [6.07, 6.45) is 1.90. The van der Waals surface area contributed by atoms with Gasteiger partial charge < -0.3 is 14.4 Å². The van der Waals surface area contributed by atoms with E-state index in [4.69, 9.17) is 4.98 Å². The van der Waals surface area contributed by atoms with Crippen molar-refractivity contribution in [2.24, 2.45) is 7.05 Å². The Kier molecular flexibility index (Phi) is 3.96. The molecular weight excluding hydrogens is 324 g/mol. The van der Waals surface area contributed by atoms with Crippen molar-refractivity contribution in [3.8, 4) is 0 Å².